The Morgan fingerprint density at radius 3 is 2.25 bits per heavy atom. The lowest BCUT2D eigenvalue weighted by molar-refractivity contribution is -0.146. The summed E-state index contributed by atoms with van der Waals surface area (Å²) in [5.41, 5.74) is 11.4. The number of nitrogens with one attached hydrogen (secondary N) is 4. The van der Waals surface area contributed by atoms with Gasteiger partial charge in [-0.05, 0) is 37.0 Å². The molecule has 10 N–H and O–H groups in total. The molecule has 5 amide bonds. The van der Waals surface area contributed by atoms with E-state index in [1.807, 2.05) is 0 Å². The number of benzene rings is 1. The molecule has 1 aromatic carbocycles. The van der Waals surface area contributed by atoms with E-state index in [4.69, 9.17) is 16.0 Å². The highest BCUT2D eigenvalue weighted by atomic mass is 32.2. The van der Waals surface area contributed by atoms with Crippen molar-refractivity contribution in [2.45, 2.75) is 50.9 Å². The number of carbonyl (C=O) groups excluding carboxylic acids is 5. The van der Waals surface area contributed by atoms with Crippen molar-refractivity contribution in [1.82, 2.24) is 26.2 Å². The van der Waals surface area contributed by atoms with Crippen molar-refractivity contribution in [2.24, 2.45) is 16.5 Å². The highest BCUT2D eigenvalue weighted by molar-refractivity contribution is 7.85. The smallest absolute Gasteiger partial charge is 0.336 e. The van der Waals surface area contributed by atoms with Gasteiger partial charge in [-0.2, -0.15) is 8.42 Å². The highest BCUT2D eigenvalue weighted by Crippen LogP contribution is 2.12. The predicted octanol–water partition coefficient (Wildman–Crippen LogP) is -3.10. The molecule has 1 aliphatic rings. The van der Waals surface area contributed by atoms with Gasteiger partial charge in [-0.25, -0.2) is 4.79 Å². The number of nitrogens with zero attached hydrogens (tertiary/aromatic N) is 2. The van der Waals surface area contributed by atoms with Gasteiger partial charge in [0.15, 0.2) is 5.96 Å². The molecule has 1 heterocycles. The maximum absolute atomic E-state index is 13.3. The Balaban J connectivity index is 0.00000178. The summed E-state index contributed by atoms with van der Waals surface area (Å²) in [7, 11) is -2.27. The molecule has 0 saturated heterocycles. The van der Waals surface area contributed by atoms with Crippen molar-refractivity contribution < 1.29 is 46.8 Å². The lowest BCUT2D eigenvalue weighted by Crippen LogP contribution is -2.56. The van der Waals surface area contributed by atoms with E-state index < -0.39 is 70.3 Å². The summed E-state index contributed by atoms with van der Waals surface area (Å²) in [6, 6.07) is 2.21. The second kappa shape index (κ2) is 17.4. The van der Waals surface area contributed by atoms with Crippen LogP contribution in [0.5, 0.6) is 0 Å². The van der Waals surface area contributed by atoms with Gasteiger partial charge in [-0.15, -0.1) is 0 Å². The summed E-state index contributed by atoms with van der Waals surface area (Å²) in [5, 5.41) is 18.9. The number of hydrogen-bond donors (Lipinski definition) is 8. The van der Waals surface area contributed by atoms with Crippen LogP contribution < -0.4 is 32.7 Å². The van der Waals surface area contributed by atoms with E-state index in [1.165, 1.54) is 24.1 Å². The summed E-state index contributed by atoms with van der Waals surface area (Å²) in [4.78, 5) is 80.8. The molecule has 0 aliphatic carbocycles. The molecule has 1 aliphatic heterocycles. The van der Waals surface area contributed by atoms with E-state index in [1.54, 1.807) is 19.1 Å². The largest absolute Gasteiger partial charge is 0.479 e. The van der Waals surface area contributed by atoms with E-state index in [2.05, 4.69) is 26.3 Å². The first kappa shape index (κ1) is 37.2. The number of hydrogen-bond acceptors (Lipinski definition) is 9. The Morgan fingerprint density at radius 1 is 1.07 bits per heavy atom. The third-order valence-electron chi connectivity index (χ3n) is 5.95. The first-order valence-electron chi connectivity index (χ1n) is 13.2. The molecular weight excluding hydrogens is 604 g/mol. The van der Waals surface area contributed by atoms with Crippen molar-refractivity contribution in [3.63, 3.8) is 0 Å². The van der Waals surface area contributed by atoms with Crippen LogP contribution in [0.25, 0.3) is 0 Å². The minimum absolute atomic E-state index is 0.110. The SMILES string of the molecule is CC[C@H]1NC(=O)c2cccc(c2)CNC(=O)[C@H](C(=O)O)NC(=O)CNC(=O)[C@H](CCCN=C(N)N)N(C)C1=O.CS(=O)(=O)O. The van der Waals surface area contributed by atoms with Gasteiger partial charge in [0.25, 0.3) is 21.9 Å². The molecule has 0 saturated carbocycles. The predicted molar refractivity (Wildman–Crippen MR) is 156 cm³/mol. The van der Waals surface area contributed by atoms with E-state index in [-0.39, 0.29) is 37.5 Å². The molecule has 2 bridgehead atoms. The van der Waals surface area contributed by atoms with Crippen LogP contribution in [0.3, 0.4) is 0 Å². The van der Waals surface area contributed by atoms with Gasteiger partial charge in [0, 0.05) is 25.7 Å². The van der Waals surface area contributed by atoms with Gasteiger partial charge < -0.3 is 42.7 Å². The molecular formula is C25H38N8O10S. The zero-order chi connectivity index (χ0) is 33.6. The van der Waals surface area contributed by atoms with Crippen LogP contribution in [-0.4, -0.2) is 109 Å². The van der Waals surface area contributed by atoms with Crippen LogP contribution in [0.15, 0.2) is 29.3 Å². The highest BCUT2D eigenvalue weighted by Gasteiger charge is 2.33. The second-order valence-corrected chi connectivity index (χ2v) is 11.0. The Morgan fingerprint density at radius 2 is 1.68 bits per heavy atom. The Kier molecular flexibility index (Phi) is 14.7. The second-order valence-electron chi connectivity index (χ2n) is 9.56. The van der Waals surface area contributed by atoms with Crippen LogP contribution in [0.4, 0.5) is 0 Å². The van der Waals surface area contributed by atoms with Crippen molar-refractivity contribution in [3.05, 3.63) is 35.4 Å². The van der Waals surface area contributed by atoms with E-state index >= 15 is 0 Å². The van der Waals surface area contributed by atoms with Crippen LogP contribution >= 0.6 is 0 Å². The van der Waals surface area contributed by atoms with Gasteiger partial charge in [-0.1, -0.05) is 19.1 Å². The fourth-order valence-electron chi connectivity index (χ4n) is 3.82. The molecule has 0 fully saturated rings. The third kappa shape index (κ3) is 13.5. The van der Waals surface area contributed by atoms with Gasteiger partial charge >= 0.3 is 5.97 Å². The number of likely N-dealkylation sites (N-methyl/N-ethyl adjacent to an activating group) is 1. The molecule has 1 aromatic rings. The summed E-state index contributed by atoms with van der Waals surface area (Å²) >= 11 is 0. The van der Waals surface area contributed by atoms with Crippen molar-refractivity contribution in [3.8, 4) is 0 Å². The molecule has 2 rings (SSSR count). The maximum Gasteiger partial charge on any atom is 0.336 e. The van der Waals surface area contributed by atoms with Crippen LogP contribution in [0, 0.1) is 0 Å². The lowest BCUT2D eigenvalue weighted by Gasteiger charge is -2.30. The number of aliphatic imine (C=N–C) groups is 1. The fraction of sp³-hybridized carbons (Fsp3) is 0.480. The topological polar surface area (TPSA) is 293 Å². The number of carboxylic acids is 1. The molecule has 3 atom stereocenters. The third-order valence-corrected chi connectivity index (χ3v) is 5.95. The first-order chi connectivity index (χ1) is 20.4. The van der Waals surface area contributed by atoms with Crippen molar-refractivity contribution in [2.75, 3.05) is 26.4 Å². The molecule has 44 heavy (non-hydrogen) atoms. The zero-order valence-corrected chi connectivity index (χ0v) is 25.2. The molecule has 19 heteroatoms. The fourth-order valence-corrected chi connectivity index (χ4v) is 3.82. The summed E-state index contributed by atoms with van der Waals surface area (Å²) in [6.45, 7) is 1.09. The first-order valence-corrected chi connectivity index (χ1v) is 15.0. The lowest BCUT2D eigenvalue weighted by atomic mass is 10.1. The van der Waals surface area contributed by atoms with Crippen LogP contribution in [0.1, 0.15) is 42.1 Å². The van der Waals surface area contributed by atoms with Gasteiger partial charge in [0.1, 0.15) is 12.1 Å². The van der Waals surface area contributed by atoms with Crippen molar-refractivity contribution in [1.29, 1.82) is 0 Å². The summed E-state index contributed by atoms with van der Waals surface area (Å²) in [6.07, 6.45) is 1.36. The Labute approximate surface area is 253 Å². The van der Waals surface area contributed by atoms with Gasteiger partial charge in [0.2, 0.25) is 23.8 Å². The average Bonchev–Trinajstić information content (AvgIpc) is 2.93. The van der Waals surface area contributed by atoms with Crippen LogP contribution in [0.2, 0.25) is 0 Å². The molecule has 18 nitrogen and oxygen atoms in total. The Hall–Kier alpha value is -4.78. The maximum atomic E-state index is 13.3. The van der Waals surface area contributed by atoms with Crippen LogP contribution in [-0.2, 0) is 40.6 Å². The number of amides is 5. The monoisotopic (exact) mass is 642 g/mol. The van der Waals surface area contributed by atoms with E-state index in [0.29, 0.717) is 18.2 Å². The number of rotatable bonds is 6. The number of fused-ring (bicyclic) bond motifs is 2. The standard InChI is InChI=1S/C24H34N8O7.CH4O3S/c1-3-15-22(37)32(2)16(8-5-9-27-24(25)26)20(35)29-12-17(33)31-18(23(38)39)21(36)28-11-13-6-4-7-14(10-13)19(34)30-15;1-5(2,3)4/h4,6-7,10,15-16,18H,3,5,8-9,11-12H2,1-2H3,(H,28,36)(H,29,35)(H,30,34)(H,31,33)(H,38,39)(H4,25,26,27);1H3,(H,2,3,4)/t15-,16+,18-;/m1./s1. The Bertz CT molecular complexity index is 1360. The minimum Gasteiger partial charge on any atom is -0.479 e. The van der Waals surface area contributed by atoms with E-state index in [0.717, 1.165) is 0 Å². The number of carbonyl (C=O) groups is 6. The molecule has 0 radical (unpaired) electrons. The number of carboxylic acid groups (broad SMARTS) is 1. The molecule has 0 aromatic heterocycles. The minimum atomic E-state index is -3.67. The number of aliphatic carboxylic acids is 1. The van der Waals surface area contributed by atoms with Gasteiger partial charge in [0.05, 0.1) is 12.8 Å². The summed E-state index contributed by atoms with van der Waals surface area (Å²) < 4.78 is 25.9. The average molecular weight is 643 g/mol. The van der Waals surface area contributed by atoms with E-state index in [9.17, 15) is 42.3 Å². The quantitative estimate of drug-likeness (QED) is 0.0503. The zero-order valence-electron chi connectivity index (χ0n) is 24.4. The number of nitrogens with two attached hydrogens (primary N) is 2. The summed E-state index contributed by atoms with van der Waals surface area (Å²) in [5.74, 6) is -5.47. The molecule has 0 unspecified atom stereocenters. The van der Waals surface area contributed by atoms with Gasteiger partial charge in [-0.3, -0.25) is 33.5 Å². The molecule has 244 valence electrons. The normalized spacial score (nSPS) is 20.3. The molecule has 0 spiro atoms. The number of guanidine groups is 1. The van der Waals surface area contributed by atoms with Crippen molar-refractivity contribution >= 4 is 51.6 Å².